The van der Waals surface area contributed by atoms with E-state index in [0.717, 1.165) is 17.9 Å². The SMILES string of the molecule is CNC(CSCCO)c1ccc2c(c1)Cc1ccccc1-2. The molecule has 0 fully saturated rings. The fraction of sp³-hybridized carbons (Fsp3) is 0.333. The number of hydrogen-bond acceptors (Lipinski definition) is 3. The summed E-state index contributed by atoms with van der Waals surface area (Å²) in [6.45, 7) is 0.251. The first-order chi connectivity index (χ1) is 10.3. The van der Waals surface area contributed by atoms with Crippen LogP contribution < -0.4 is 5.32 Å². The average Bonchev–Trinajstić information content (AvgIpc) is 2.89. The summed E-state index contributed by atoms with van der Waals surface area (Å²) in [6.07, 6.45) is 1.04. The van der Waals surface area contributed by atoms with E-state index in [2.05, 4.69) is 47.8 Å². The molecule has 0 aromatic heterocycles. The third kappa shape index (κ3) is 3.00. The number of benzene rings is 2. The Hall–Kier alpha value is -1.29. The molecule has 21 heavy (non-hydrogen) atoms. The van der Waals surface area contributed by atoms with Gasteiger partial charge in [-0.2, -0.15) is 11.8 Å². The maximum atomic E-state index is 8.91. The van der Waals surface area contributed by atoms with E-state index in [-0.39, 0.29) is 6.61 Å². The second kappa shape index (κ2) is 6.65. The van der Waals surface area contributed by atoms with Crippen LogP contribution in [0.1, 0.15) is 22.7 Å². The van der Waals surface area contributed by atoms with Gasteiger partial charge in [-0.05, 0) is 41.3 Å². The zero-order valence-electron chi connectivity index (χ0n) is 12.3. The molecule has 1 aliphatic carbocycles. The number of aliphatic hydroxyl groups is 1. The first kappa shape index (κ1) is 14.6. The zero-order chi connectivity index (χ0) is 14.7. The van der Waals surface area contributed by atoms with Crippen molar-refractivity contribution in [1.29, 1.82) is 0 Å². The average molecular weight is 299 g/mol. The van der Waals surface area contributed by atoms with Gasteiger partial charge in [0.05, 0.1) is 6.61 Å². The van der Waals surface area contributed by atoms with Gasteiger partial charge in [-0.15, -0.1) is 0 Å². The molecular weight excluding hydrogens is 278 g/mol. The molecule has 3 heteroatoms. The Bertz CT molecular complexity index is 626. The minimum Gasteiger partial charge on any atom is -0.396 e. The minimum absolute atomic E-state index is 0.251. The van der Waals surface area contributed by atoms with Gasteiger partial charge in [-0.3, -0.25) is 0 Å². The van der Waals surface area contributed by atoms with Crippen molar-refractivity contribution in [3.63, 3.8) is 0 Å². The van der Waals surface area contributed by atoms with Gasteiger partial charge < -0.3 is 10.4 Å². The van der Waals surface area contributed by atoms with Gasteiger partial charge in [0.2, 0.25) is 0 Å². The molecule has 0 aliphatic heterocycles. The Morgan fingerprint density at radius 2 is 1.95 bits per heavy atom. The maximum Gasteiger partial charge on any atom is 0.0521 e. The van der Waals surface area contributed by atoms with Crippen molar-refractivity contribution < 1.29 is 5.11 Å². The number of rotatable bonds is 6. The van der Waals surface area contributed by atoms with Gasteiger partial charge in [0.1, 0.15) is 0 Å². The lowest BCUT2D eigenvalue weighted by Crippen LogP contribution is -2.19. The number of thioether (sulfide) groups is 1. The van der Waals surface area contributed by atoms with Crippen molar-refractivity contribution >= 4 is 11.8 Å². The molecule has 0 radical (unpaired) electrons. The fourth-order valence-corrected chi connectivity index (χ4v) is 3.88. The quantitative estimate of drug-likeness (QED) is 0.685. The van der Waals surface area contributed by atoms with E-state index in [1.807, 2.05) is 7.05 Å². The van der Waals surface area contributed by atoms with Gasteiger partial charge in [-0.1, -0.05) is 42.5 Å². The van der Waals surface area contributed by atoms with Crippen molar-refractivity contribution in [2.45, 2.75) is 12.5 Å². The highest BCUT2D eigenvalue weighted by atomic mass is 32.2. The Morgan fingerprint density at radius 1 is 1.14 bits per heavy atom. The van der Waals surface area contributed by atoms with Crippen LogP contribution in [-0.2, 0) is 6.42 Å². The summed E-state index contributed by atoms with van der Waals surface area (Å²) >= 11 is 1.79. The van der Waals surface area contributed by atoms with Crippen molar-refractivity contribution in [3.8, 4) is 11.1 Å². The first-order valence-electron chi connectivity index (χ1n) is 7.40. The van der Waals surface area contributed by atoms with Crippen molar-refractivity contribution in [1.82, 2.24) is 5.32 Å². The van der Waals surface area contributed by atoms with Gasteiger partial charge in [0.25, 0.3) is 0 Å². The van der Waals surface area contributed by atoms with Crippen LogP contribution >= 0.6 is 11.8 Å². The van der Waals surface area contributed by atoms with Gasteiger partial charge in [0.15, 0.2) is 0 Å². The summed E-state index contributed by atoms with van der Waals surface area (Å²) in [5.41, 5.74) is 6.97. The monoisotopic (exact) mass is 299 g/mol. The summed E-state index contributed by atoms with van der Waals surface area (Å²) in [7, 11) is 2.01. The molecule has 0 heterocycles. The maximum absolute atomic E-state index is 8.91. The van der Waals surface area contributed by atoms with Crippen LogP contribution in [0.15, 0.2) is 42.5 Å². The molecule has 1 unspecified atom stereocenters. The van der Waals surface area contributed by atoms with Crippen LogP contribution in [0.3, 0.4) is 0 Å². The molecule has 1 aliphatic rings. The molecule has 2 nitrogen and oxygen atoms in total. The first-order valence-corrected chi connectivity index (χ1v) is 8.56. The van der Waals surface area contributed by atoms with Crippen LogP contribution in [-0.4, -0.2) is 30.3 Å². The Balaban J connectivity index is 1.82. The summed E-state index contributed by atoms with van der Waals surface area (Å²) in [6, 6.07) is 15.9. The lowest BCUT2D eigenvalue weighted by atomic mass is 10.0. The van der Waals surface area contributed by atoms with E-state index in [0.29, 0.717) is 6.04 Å². The van der Waals surface area contributed by atoms with Crippen molar-refractivity contribution in [2.24, 2.45) is 0 Å². The number of fused-ring (bicyclic) bond motifs is 3. The van der Waals surface area contributed by atoms with Crippen molar-refractivity contribution in [2.75, 3.05) is 25.2 Å². The molecule has 2 aromatic rings. The Kier molecular flexibility index (Phi) is 4.63. The van der Waals surface area contributed by atoms with Crippen LogP contribution in [0, 0.1) is 0 Å². The van der Waals surface area contributed by atoms with E-state index in [1.165, 1.54) is 27.8 Å². The summed E-state index contributed by atoms with van der Waals surface area (Å²) in [5, 5.41) is 12.3. The highest BCUT2D eigenvalue weighted by molar-refractivity contribution is 7.99. The van der Waals surface area contributed by atoms with Crippen LogP contribution in [0.2, 0.25) is 0 Å². The smallest absolute Gasteiger partial charge is 0.0521 e. The van der Waals surface area contributed by atoms with Crippen LogP contribution in [0.25, 0.3) is 11.1 Å². The topological polar surface area (TPSA) is 32.3 Å². The summed E-state index contributed by atoms with van der Waals surface area (Å²) < 4.78 is 0. The molecule has 0 spiro atoms. The van der Waals surface area contributed by atoms with Gasteiger partial charge in [0, 0.05) is 17.5 Å². The van der Waals surface area contributed by atoms with E-state index in [4.69, 9.17) is 5.11 Å². The lowest BCUT2D eigenvalue weighted by Gasteiger charge is -2.17. The molecule has 0 saturated heterocycles. The second-order valence-electron chi connectivity index (χ2n) is 5.39. The molecule has 110 valence electrons. The number of nitrogens with one attached hydrogen (secondary N) is 1. The summed E-state index contributed by atoms with van der Waals surface area (Å²) in [5.74, 6) is 1.79. The fourth-order valence-electron chi connectivity index (χ4n) is 2.99. The van der Waals surface area contributed by atoms with Crippen molar-refractivity contribution in [3.05, 3.63) is 59.2 Å². The third-order valence-electron chi connectivity index (χ3n) is 4.09. The van der Waals surface area contributed by atoms with E-state index >= 15 is 0 Å². The second-order valence-corrected chi connectivity index (χ2v) is 6.54. The highest BCUT2D eigenvalue weighted by Gasteiger charge is 2.19. The molecule has 2 N–H and O–H groups in total. The number of hydrogen-bond donors (Lipinski definition) is 2. The Morgan fingerprint density at radius 3 is 2.76 bits per heavy atom. The molecule has 3 rings (SSSR count). The lowest BCUT2D eigenvalue weighted by molar-refractivity contribution is 0.322. The third-order valence-corrected chi connectivity index (χ3v) is 5.13. The van der Waals surface area contributed by atoms with Crippen LogP contribution in [0.5, 0.6) is 0 Å². The molecule has 1 atom stereocenters. The predicted octanol–water partition coefficient (Wildman–Crippen LogP) is 3.24. The van der Waals surface area contributed by atoms with Gasteiger partial charge in [-0.25, -0.2) is 0 Å². The standard InChI is InChI=1S/C18H21NOS/c1-19-18(12-21-9-8-20)14-6-7-17-15(11-14)10-13-4-2-3-5-16(13)17/h2-7,11,18-20H,8-10,12H2,1H3. The normalized spacial score (nSPS) is 13.8. The molecule has 0 amide bonds. The van der Waals surface area contributed by atoms with E-state index in [1.54, 1.807) is 11.8 Å². The number of aliphatic hydroxyl groups excluding tert-OH is 1. The van der Waals surface area contributed by atoms with Crippen LogP contribution in [0.4, 0.5) is 0 Å². The minimum atomic E-state index is 0.251. The molecule has 0 bridgehead atoms. The molecule has 0 saturated carbocycles. The Labute approximate surface area is 130 Å². The zero-order valence-corrected chi connectivity index (χ0v) is 13.1. The van der Waals surface area contributed by atoms with E-state index in [9.17, 15) is 0 Å². The predicted molar refractivity (Wildman–Crippen MR) is 90.9 cm³/mol. The highest BCUT2D eigenvalue weighted by Crippen LogP contribution is 2.37. The molecular formula is C18H21NOS. The van der Waals surface area contributed by atoms with E-state index < -0.39 is 0 Å². The van der Waals surface area contributed by atoms with Gasteiger partial charge >= 0.3 is 0 Å². The summed E-state index contributed by atoms with van der Waals surface area (Å²) in [4.78, 5) is 0. The largest absolute Gasteiger partial charge is 0.396 e. The molecule has 2 aromatic carbocycles.